The van der Waals surface area contributed by atoms with Crippen LogP contribution in [-0.4, -0.2) is 16.5 Å². The number of hydrogen-bond acceptors (Lipinski definition) is 4. The second kappa shape index (κ2) is 4.93. The molecule has 1 N–H and O–H groups in total. The summed E-state index contributed by atoms with van der Waals surface area (Å²) in [7, 11) is 0. The lowest BCUT2D eigenvalue weighted by molar-refractivity contribution is 0.536. The second-order valence-corrected chi connectivity index (χ2v) is 4.53. The monoisotopic (exact) mass is 216 g/mol. The van der Waals surface area contributed by atoms with Crippen LogP contribution in [0.15, 0.2) is 12.4 Å². The molecule has 0 aliphatic heterocycles. The highest BCUT2D eigenvalue weighted by Gasteiger charge is 2.21. The van der Waals surface area contributed by atoms with E-state index in [1.165, 1.54) is 19.3 Å². The standard InChI is InChI=1S/C12H16N4/c1-9-2-3-10(6-9)8-16-12-11(7-13)14-4-5-15-12/h4-5,9-10H,2-3,6,8H2,1H3,(H,15,16). The lowest BCUT2D eigenvalue weighted by Gasteiger charge is -2.11. The Balaban J connectivity index is 1.92. The van der Waals surface area contributed by atoms with E-state index >= 15 is 0 Å². The number of hydrogen-bond donors (Lipinski definition) is 1. The maximum atomic E-state index is 8.86. The Morgan fingerprint density at radius 3 is 2.94 bits per heavy atom. The summed E-state index contributed by atoms with van der Waals surface area (Å²) in [5, 5.41) is 12.1. The summed E-state index contributed by atoms with van der Waals surface area (Å²) in [4.78, 5) is 8.10. The van der Waals surface area contributed by atoms with Gasteiger partial charge in [-0.05, 0) is 24.7 Å². The molecule has 1 fully saturated rings. The number of anilines is 1. The van der Waals surface area contributed by atoms with Crippen molar-refractivity contribution in [3.05, 3.63) is 18.1 Å². The van der Waals surface area contributed by atoms with Gasteiger partial charge in [0.25, 0.3) is 0 Å². The molecular weight excluding hydrogens is 200 g/mol. The molecule has 0 aromatic carbocycles. The third kappa shape index (κ3) is 2.48. The van der Waals surface area contributed by atoms with Crippen molar-refractivity contribution >= 4 is 5.82 Å². The Kier molecular flexibility index (Phi) is 3.35. The molecule has 2 unspecified atom stereocenters. The fourth-order valence-corrected chi connectivity index (χ4v) is 2.30. The summed E-state index contributed by atoms with van der Waals surface area (Å²) in [6.45, 7) is 3.20. The highest BCUT2D eigenvalue weighted by molar-refractivity contribution is 5.46. The highest BCUT2D eigenvalue weighted by Crippen LogP contribution is 2.30. The summed E-state index contributed by atoms with van der Waals surface area (Å²) in [6.07, 6.45) is 7.02. The number of rotatable bonds is 3. The van der Waals surface area contributed by atoms with Gasteiger partial charge in [0, 0.05) is 18.9 Å². The third-order valence-electron chi connectivity index (χ3n) is 3.17. The largest absolute Gasteiger partial charge is 0.367 e. The Labute approximate surface area is 95.7 Å². The Hall–Kier alpha value is -1.63. The van der Waals surface area contributed by atoms with Crippen molar-refractivity contribution in [1.82, 2.24) is 9.97 Å². The van der Waals surface area contributed by atoms with Crippen LogP contribution in [0.4, 0.5) is 5.82 Å². The topological polar surface area (TPSA) is 61.6 Å². The first-order valence-corrected chi connectivity index (χ1v) is 5.74. The van der Waals surface area contributed by atoms with E-state index in [4.69, 9.17) is 5.26 Å². The summed E-state index contributed by atoms with van der Waals surface area (Å²) in [5.74, 6) is 2.16. The molecule has 1 heterocycles. The van der Waals surface area contributed by atoms with Crippen LogP contribution in [0.2, 0.25) is 0 Å². The van der Waals surface area contributed by atoms with Gasteiger partial charge in [-0.2, -0.15) is 5.26 Å². The minimum atomic E-state index is 0.383. The van der Waals surface area contributed by atoms with Crippen LogP contribution < -0.4 is 5.32 Å². The molecule has 1 aromatic heterocycles. The maximum Gasteiger partial charge on any atom is 0.182 e. The average Bonchev–Trinajstić information content (AvgIpc) is 2.73. The van der Waals surface area contributed by atoms with E-state index < -0.39 is 0 Å². The van der Waals surface area contributed by atoms with E-state index in [9.17, 15) is 0 Å². The summed E-state index contributed by atoms with van der Waals surface area (Å²) >= 11 is 0. The first-order chi connectivity index (χ1) is 7.79. The normalized spacial score (nSPS) is 24.0. The number of aromatic nitrogens is 2. The molecule has 2 rings (SSSR count). The molecule has 0 radical (unpaired) electrons. The predicted octanol–water partition coefficient (Wildman–Crippen LogP) is 2.20. The van der Waals surface area contributed by atoms with Gasteiger partial charge in [0.2, 0.25) is 0 Å². The van der Waals surface area contributed by atoms with Crippen molar-refractivity contribution in [2.24, 2.45) is 11.8 Å². The molecule has 1 aliphatic carbocycles. The van der Waals surface area contributed by atoms with Crippen LogP contribution in [0.1, 0.15) is 31.9 Å². The average molecular weight is 216 g/mol. The molecule has 2 atom stereocenters. The Morgan fingerprint density at radius 1 is 1.44 bits per heavy atom. The molecule has 1 aromatic rings. The van der Waals surface area contributed by atoms with Crippen molar-refractivity contribution in [3.63, 3.8) is 0 Å². The lowest BCUT2D eigenvalue weighted by Crippen LogP contribution is -2.13. The number of nitriles is 1. The second-order valence-electron chi connectivity index (χ2n) is 4.53. The van der Waals surface area contributed by atoms with Crippen molar-refractivity contribution < 1.29 is 0 Å². The molecule has 84 valence electrons. The van der Waals surface area contributed by atoms with Crippen LogP contribution in [0.25, 0.3) is 0 Å². The van der Waals surface area contributed by atoms with Crippen LogP contribution in [0.3, 0.4) is 0 Å². The van der Waals surface area contributed by atoms with Crippen LogP contribution in [-0.2, 0) is 0 Å². The van der Waals surface area contributed by atoms with Crippen molar-refractivity contribution in [3.8, 4) is 6.07 Å². The SMILES string of the molecule is CC1CCC(CNc2nccnc2C#N)C1. The molecule has 1 aliphatic rings. The quantitative estimate of drug-likeness (QED) is 0.841. The minimum absolute atomic E-state index is 0.383. The smallest absolute Gasteiger partial charge is 0.182 e. The van der Waals surface area contributed by atoms with Gasteiger partial charge in [0.1, 0.15) is 6.07 Å². The number of nitrogens with zero attached hydrogens (tertiary/aromatic N) is 3. The van der Waals surface area contributed by atoms with E-state index in [-0.39, 0.29) is 0 Å². The fourth-order valence-electron chi connectivity index (χ4n) is 2.30. The van der Waals surface area contributed by atoms with Gasteiger partial charge in [-0.15, -0.1) is 0 Å². The molecule has 0 spiro atoms. The molecule has 1 saturated carbocycles. The van der Waals surface area contributed by atoms with Crippen molar-refractivity contribution in [1.29, 1.82) is 5.26 Å². The summed E-state index contributed by atoms with van der Waals surface area (Å²) < 4.78 is 0. The predicted molar refractivity (Wildman–Crippen MR) is 61.7 cm³/mol. The van der Waals surface area contributed by atoms with E-state index in [0.29, 0.717) is 17.4 Å². The van der Waals surface area contributed by atoms with Gasteiger partial charge in [-0.1, -0.05) is 13.3 Å². The molecular formula is C12H16N4. The van der Waals surface area contributed by atoms with Crippen molar-refractivity contribution in [2.75, 3.05) is 11.9 Å². The van der Waals surface area contributed by atoms with E-state index in [0.717, 1.165) is 12.5 Å². The first-order valence-electron chi connectivity index (χ1n) is 5.74. The zero-order chi connectivity index (χ0) is 11.4. The van der Waals surface area contributed by atoms with Crippen LogP contribution in [0, 0.1) is 23.2 Å². The zero-order valence-electron chi connectivity index (χ0n) is 9.48. The molecule has 4 heteroatoms. The van der Waals surface area contributed by atoms with E-state index in [2.05, 4.69) is 22.2 Å². The summed E-state index contributed by atoms with van der Waals surface area (Å²) in [6, 6.07) is 2.04. The first kappa shape index (κ1) is 10.9. The Morgan fingerprint density at radius 2 is 2.25 bits per heavy atom. The maximum absolute atomic E-state index is 8.86. The summed E-state index contributed by atoms with van der Waals surface area (Å²) in [5.41, 5.74) is 0.383. The zero-order valence-corrected chi connectivity index (χ0v) is 9.48. The van der Waals surface area contributed by atoms with Gasteiger partial charge in [0.15, 0.2) is 11.5 Å². The Bertz CT molecular complexity index is 396. The lowest BCUT2D eigenvalue weighted by atomic mass is 10.1. The van der Waals surface area contributed by atoms with Gasteiger partial charge >= 0.3 is 0 Å². The fraction of sp³-hybridized carbons (Fsp3) is 0.583. The van der Waals surface area contributed by atoms with E-state index in [1.54, 1.807) is 12.4 Å². The van der Waals surface area contributed by atoms with Gasteiger partial charge < -0.3 is 5.32 Å². The molecule has 0 bridgehead atoms. The van der Waals surface area contributed by atoms with Crippen molar-refractivity contribution in [2.45, 2.75) is 26.2 Å². The van der Waals surface area contributed by atoms with Gasteiger partial charge in [-0.3, -0.25) is 0 Å². The highest BCUT2D eigenvalue weighted by atomic mass is 15.0. The molecule has 0 amide bonds. The molecule has 4 nitrogen and oxygen atoms in total. The third-order valence-corrected chi connectivity index (χ3v) is 3.17. The van der Waals surface area contributed by atoms with Crippen LogP contribution >= 0.6 is 0 Å². The minimum Gasteiger partial charge on any atom is -0.367 e. The molecule has 16 heavy (non-hydrogen) atoms. The number of nitrogens with one attached hydrogen (secondary N) is 1. The van der Waals surface area contributed by atoms with Crippen LogP contribution in [0.5, 0.6) is 0 Å². The van der Waals surface area contributed by atoms with E-state index in [1.807, 2.05) is 6.07 Å². The van der Waals surface area contributed by atoms with Gasteiger partial charge in [-0.25, -0.2) is 9.97 Å². The molecule has 0 saturated heterocycles. The van der Waals surface area contributed by atoms with Gasteiger partial charge in [0.05, 0.1) is 0 Å².